The third-order valence-electron chi connectivity index (χ3n) is 3.08. The first-order valence-corrected chi connectivity index (χ1v) is 9.15. The van der Waals surface area contributed by atoms with E-state index in [1.54, 1.807) is 0 Å². The lowest BCUT2D eigenvalue weighted by atomic mass is 10.2. The molecular weight excluding hydrogens is 422 g/mol. The van der Waals surface area contributed by atoms with Gasteiger partial charge in [0, 0.05) is 24.8 Å². The Morgan fingerprint density at radius 3 is 2.58 bits per heavy atom. The van der Waals surface area contributed by atoms with Crippen molar-refractivity contribution >= 4 is 49.1 Å². The molecule has 0 spiro atoms. The maximum absolute atomic E-state index is 12.4. The Balaban J connectivity index is 2.43. The Morgan fingerprint density at radius 2 is 1.96 bits per heavy atom. The van der Waals surface area contributed by atoms with Crippen molar-refractivity contribution in [1.29, 1.82) is 0 Å². The van der Waals surface area contributed by atoms with Crippen LogP contribution in [-0.2, 0) is 10.0 Å². The second-order valence-electron chi connectivity index (χ2n) is 4.94. The number of sulfonamides is 1. The van der Waals surface area contributed by atoms with E-state index in [1.165, 1.54) is 44.6 Å². The fraction of sp³-hybridized carbons (Fsp3) is 0.143. The molecule has 0 bridgehead atoms. The molecule has 0 saturated heterocycles. The highest BCUT2D eigenvalue weighted by Crippen LogP contribution is 2.23. The summed E-state index contributed by atoms with van der Waals surface area (Å²) in [5, 5.41) is 2.48. The number of halogens is 2. The lowest BCUT2D eigenvalue weighted by molar-refractivity contribution is 0.102. The van der Waals surface area contributed by atoms with Crippen molar-refractivity contribution in [3.05, 3.63) is 55.9 Å². The van der Waals surface area contributed by atoms with Crippen LogP contribution in [0.4, 0.5) is 5.69 Å². The number of H-pyrrole nitrogens is 1. The summed E-state index contributed by atoms with van der Waals surface area (Å²) in [6.07, 6.45) is 1.43. The monoisotopic (exact) mass is 433 g/mol. The van der Waals surface area contributed by atoms with E-state index < -0.39 is 21.5 Å². The van der Waals surface area contributed by atoms with E-state index in [4.69, 9.17) is 11.6 Å². The van der Waals surface area contributed by atoms with Crippen LogP contribution in [0, 0.1) is 0 Å². The zero-order valence-corrected chi connectivity index (χ0v) is 15.8. The minimum Gasteiger partial charge on any atom is -0.326 e. The molecule has 2 rings (SSSR count). The minimum atomic E-state index is -3.72. The molecule has 10 heteroatoms. The lowest BCUT2D eigenvalue weighted by Gasteiger charge is -2.13. The number of carbonyl (C=O) groups is 1. The van der Waals surface area contributed by atoms with Crippen LogP contribution in [0.5, 0.6) is 0 Å². The van der Waals surface area contributed by atoms with Crippen LogP contribution in [0.15, 0.2) is 44.6 Å². The van der Waals surface area contributed by atoms with Gasteiger partial charge in [-0.15, -0.1) is 0 Å². The highest BCUT2D eigenvalue weighted by Gasteiger charge is 2.21. The minimum absolute atomic E-state index is 0.00584. The molecule has 0 atom stereocenters. The van der Waals surface area contributed by atoms with Gasteiger partial charge in [-0.25, -0.2) is 12.7 Å². The molecule has 2 N–H and O–H groups in total. The molecule has 0 aliphatic heterocycles. The molecule has 0 aliphatic rings. The van der Waals surface area contributed by atoms with Gasteiger partial charge in [0.25, 0.3) is 11.5 Å². The average molecular weight is 435 g/mol. The van der Waals surface area contributed by atoms with Gasteiger partial charge in [0.2, 0.25) is 10.0 Å². The Morgan fingerprint density at radius 1 is 1.29 bits per heavy atom. The van der Waals surface area contributed by atoms with Gasteiger partial charge in [-0.2, -0.15) is 0 Å². The number of aromatic nitrogens is 1. The van der Waals surface area contributed by atoms with Crippen molar-refractivity contribution in [2.24, 2.45) is 0 Å². The van der Waals surface area contributed by atoms with Gasteiger partial charge >= 0.3 is 0 Å². The number of amides is 1. The predicted molar refractivity (Wildman–Crippen MR) is 95.0 cm³/mol. The number of hydrogen-bond acceptors (Lipinski definition) is 4. The van der Waals surface area contributed by atoms with Crippen molar-refractivity contribution in [3.63, 3.8) is 0 Å². The predicted octanol–water partition coefficient (Wildman–Crippen LogP) is 2.29. The number of hydrogen-bond donors (Lipinski definition) is 2. The Hall–Kier alpha value is -1.68. The summed E-state index contributed by atoms with van der Waals surface area (Å²) in [6.45, 7) is 0. The Kier molecular flexibility index (Phi) is 5.49. The number of anilines is 1. The molecule has 1 aromatic carbocycles. The number of pyridine rings is 1. The fourth-order valence-corrected chi connectivity index (χ4v) is 3.26. The zero-order valence-electron chi connectivity index (χ0n) is 12.6. The second-order valence-corrected chi connectivity index (χ2v) is 8.42. The SMILES string of the molecule is CN(C)S(=O)(=O)c1ccc(Cl)c(C(=O)Nc2cc(Br)c[nH]c2=O)c1. The molecule has 7 nitrogen and oxygen atoms in total. The van der Waals surface area contributed by atoms with Gasteiger partial charge in [-0.3, -0.25) is 9.59 Å². The van der Waals surface area contributed by atoms with Crippen molar-refractivity contribution in [2.75, 3.05) is 19.4 Å². The summed E-state index contributed by atoms with van der Waals surface area (Å²) in [6, 6.07) is 5.21. The number of benzene rings is 1. The van der Waals surface area contributed by atoms with Crippen molar-refractivity contribution in [3.8, 4) is 0 Å². The average Bonchev–Trinajstić information content (AvgIpc) is 2.50. The van der Waals surface area contributed by atoms with Crippen LogP contribution >= 0.6 is 27.5 Å². The van der Waals surface area contributed by atoms with Crippen molar-refractivity contribution in [1.82, 2.24) is 9.29 Å². The van der Waals surface area contributed by atoms with Gasteiger partial charge in [0.05, 0.1) is 15.5 Å². The van der Waals surface area contributed by atoms with Crippen LogP contribution in [0.1, 0.15) is 10.4 Å². The Bertz CT molecular complexity index is 957. The van der Waals surface area contributed by atoms with Gasteiger partial charge in [-0.05, 0) is 40.2 Å². The summed E-state index contributed by atoms with van der Waals surface area (Å²) in [7, 11) is -0.959. The molecular formula is C14H13BrClN3O4S. The molecule has 1 amide bonds. The van der Waals surface area contributed by atoms with E-state index >= 15 is 0 Å². The number of carbonyl (C=O) groups excluding carboxylic acids is 1. The summed E-state index contributed by atoms with van der Waals surface area (Å²) >= 11 is 9.17. The number of nitrogens with one attached hydrogen (secondary N) is 2. The second kappa shape index (κ2) is 7.06. The van der Waals surface area contributed by atoms with Gasteiger partial charge in [-0.1, -0.05) is 11.6 Å². The van der Waals surface area contributed by atoms with E-state index in [0.29, 0.717) is 4.47 Å². The number of aromatic amines is 1. The van der Waals surface area contributed by atoms with E-state index in [9.17, 15) is 18.0 Å². The summed E-state index contributed by atoms with van der Waals surface area (Å²) in [5.41, 5.74) is -0.551. The highest BCUT2D eigenvalue weighted by atomic mass is 79.9. The molecule has 0 fully saturated rings. The van der Waals surface area contributed by atoms with E-state index in [0.717, 1.165) is 4.31 Å². The standard InChI is InChI=1S/C14H13BrClN3O4S/c1-19(2)24(22,23)9-3-4-11(16)10(6-9)13(20)18-12-5-8(15)7-17-14(12)21/h3-7H,1-2H3,(H,17,21)(H,18,20). The zero-order chi connectivity index (χ0) is 18.1. The fourth-order valence-electron chi connectivity index (χ4n) is 1.79. The van der Waals surface area contributed by atoms with Gasteiger partial charge in [0.1, 0.15) is 5.69 Å². The molecule has 1 aromatic heterocycles. The van der Waals surface area contributed by atoms with Crippen molar-refractivity contribution in [2.45, 2.75) is 4.90 Å². The molecule has 128 valence electrons. The van der Waals surface area contributed by atoms with Gasteiger partial charge < -0.3 is 10.3 Å². The maximum atomic E-state index is 12.4. The Labute approximate surface area is 151 Å². The summed E-state index contributed by atoms with van der Waals surface area (Å²) in [5.74, 6) is -0.695. The first-order chi connectivity index (χ1) is 11.1. The number of rotatable bonds is 4. The van der Waals surface area contributed by atoms with E-state index in [-0.39, 0.29) is 21.2 Å². The lowest BCUT2D eigenvalue weighted by Crippen LogP contribution is -2.23. The molecule has 0 radical (unpaired) electrons. The highest BCUT2D eigenvalue weighted by molar-refractivity contribution is 9.10. The molecule has 0 saturated carbocycles. The molecule has 0 aliphatic carbocycles. The first kappa shape index (κ1) is 18.7. The van der Waals surface area contributed by atoms with Crippen LogP contribution in [0.25, 0.3) is 0 Å². The third kappa shape index (κ3) is 3.86. The normalized spacial score (nSPS) is 11.5. The third-order valence-corrected chi connectivity index (χ3v) is 5.68. The first-order valence-electron chi connectivity index (χ1n) is 6.54. The van der Waals surface area contributed by atoms with Crippen LogP contribution in [-0.4, -0.2) is 37.7 Å². The summed E-state index contributed by atoms with van der Waals surface area (Å²) in [4.78, 5) is 26.4. The largest absolute Gasteiger partial charge is 0.326 e. The van der Waals surface area contributed by atoms with E-state index in [2.05, 4.69) is 26.2 Å². The molecule has 1 heterocycles. The summed E-state index contributed by atoms with van der Waals surface area (Å²) < 4.78 is 25.9. The molecule has 2 aromatic rings. The molecule has 0 unspecified atom stereocenters. The van der Waals surface area contributed by atoms with Crippen LogP contribution in [0.3, 0.4) is 0 Å². The van der Waals surface area contributed by atoms with Crippen molar-refractivity contribution < 1.29 is 13.2 Å². The topological polar surface area (TPSA) is 99.3 Å². The number of nitrogens with zero attached hydrogens (tertiary/aromatic N) is 1. The molecule has 24 heavy (non-hydrogen) atoms. The maximum Gasteiger partial charge on any atom is 0.271 e. The quantitative estimate of drug-likeness (QED) is 0.771. The van der Waals surface area contributed by atoms with E-state index in [1.807, 2.05) is 0 Å². The van der Waals surface area contributed by atoms with Crippen LogP contribution < -0.4 is 10.9 Å². The van der Waals surface area contributed by atoms with Crippen LogP contribution in [0.2, 0.25) is 5.02 Å². The van der Waals surface area contributed by atoms with Gasteiger partial charge in [0.15, 0.2) is 0 Å². The smallest absolute Gasteiger partial charge is 0.271 e.